The van der Waals surface area contributed by atoms with Gasteiger partial charge in [-0.1, -0.05) is 0 Å². The van der Waals surface area contributed by atoms with Crippen LogP contribution in [0.3, 0.4) is 0 Å². The Bertz CT molecular complexity index is 716. The number of ether oxygens (including phenoxy) is 1. The molecule has 1 aliphatic heterocycles. The average molecular weight is 328 g/mol. The van der Waals surface area contributed by atoms with Gasteiger partial charge in [0.1, 0.15) is 6.23 Å². The van der Waals surface area contributed by atoms with Crippen molar-refractivity contribution in [2.45, 2.75) is 51.1 Å². The molecule has 1 aliphatic rings. The highest BCUT2D eigenvalue weighted by atomic mass is 19.4. The van der Waals surface area contributed by atoms with Crippen LogP contribution in [0, 0.1) is 6.92 Å². The van der Waals surface area contributed by atoms with E-state index < -0.39 is 11.8 Å². The van der Waals surface area contributed by atoms with Gasteiger partial charge in [0.25, 0.3) is 0 Å². The Morgan fingerprint density at radius 2 is 2.04 bits per heavy atom. The van der Waals surface area contributed by atoms with Crippen LogP contribution in [-0.2, 0) is 10.3 Å². The van der Waals surface area contributed by atoms with Crippen LogP contribution in [0.25, 0.3) is 10.9 Å². The monoisotopic (exact) mass is 328 g/mol. The molecule has 1 aromatic carbocycles. The molecular weight excluding hydrogens is 309 g/mol. The number of rotatable bonds is 2. The molecule has 3 rings (SSSR count). The molecule has 1 aromatic heterocycles. The number of halogens is 3. The maximum absolute atomic E-state index is 13.1. The number of alkyl halides is 3. The normalized spacial score (nSPS) is 22.3. The Balaban J connectivity index is 2.04. The summed E-state index contributed by atoms with van der Waals surface area (Å²) >= 11 is 0. The van der Waals surface area contributed by atoms with Crippen LogP contribution in [-0.4, -0.2) is 27.7 Å². The number of hydrogen-bond donors (Lipinski definition) is 1. The molecule has 4 nitrogen and oxygen atoms in total. The van der Waals surface area contributed by atoms with Crippen molar-refractivity contribution in [1.29, 1.82) is 0 Å². The van der Waals surface area contributed by atoms with Gasteiger partial charge in [-0.15, -0.1) is 0 Å². The van der Waals surface area contributed by atoms with Gasteiger partial charge < -0.3 is 9.84 Å². The number of aliphatic hydroxyl groups is 1. The highest BCUT2D eigenvalue weighted by Crippen LogP contribution is 2.41. The minimum Gasteiger partial charge on any atom is -0.376 e. The molecule has 2 heterocycles. The fourth-order valence-electron chi connectivity index (χ4n) is 2.96. The number of benzene rings is 1. The fourth-order valence-corrected chi connectivity index (χ4v) is 2.96. The van der Waals surface area contributed by atoms with E-state index >= 15 is 0 Å². The highest BCUT2D eigenvalue weighted by Gasteiger charge is 2.51. The van der Waals surface area contributed by atoms with Crippen LogP contribution in [0.15, 0.2) is 18.3 Å². The first-order chi connectivity index (χ1) is 10.7. The summed E-state index contributed by atoms with van der Waals surface area (Å²) in [6.45, 7) is 2.99. The third-order valence-corrected chi connectivity index (χ3v) is 4.40. The summed E-state index contributed by atoms with van der Waals surface area (Å²) in [6.07, 6.45) is -0.267. The molecule has 1 saturated heterocycles. The largest absolute Gasteiger partial charge is 0.421 e. The average Bonchev–Trinajstić information content (AvgIpc) is 2.89. The van der Waals surface area contributed by atoms with Gasteiger partial charge in [-0.25, -0.2) is 4.68 Å². The van der Waals surface area contributed by atoms with Crippen molar-refractivity contribution in [3.05, 3.63) is 29.5 Å². The lowest BCUT2D eigenvalue weighted by atomic mass is 9.90. The first kappa shape index (κ1) is 16.3. The van der Waals surface area contributed by atoms with Crippen LogP contribution in [0.5, 0.6) is 0 Å². The molecule has 2 aromatic rings. The molecule has 23 heavy (non-hydrogen) atoms. The van der Waals surface area contributed by atoms with Gasteiger partial charge in [-0.2, -0.15) is 18.3 Å². The lowest BCUT2D eigenvalue weighted by Gasteiger charge is -2.28. The summed E-state index contributed by atoms with van der Waals surface area (Å²) < 4.78 is 46.6. The van der Waals surface area contributed by atoms with Crippen LogP contribution in [0.1, 0.15) is 43.5 Å². The van der Waals surface area contributed by atoms with Gasteiger partial charge in [-0.3, -0.25) is 0 Å². The van der Waals surface area contributed by atoms with Gasteiger partial charge in [-0.05, 0) is 56.4 Å². The first-order valence-corrected chi connectivity index (χ1v) is 7.61. The molecule has 7 heteroatoms. The van der Waals surface area contributed by atoms with Crippen LogP contribution < -0.4 is 0 Å². The van der Waals surface area contributed by atoms with E-state index in [1.165, 1.54) is 6.07 Å². The summed E-state index contributed by atoms with van der Waals surface area (Å²) in [4.78, 5) is 0. The highest BCUT2D eigenvalue weighted by molar-refractivity contribution is 5.80. The van der Waals surface area contributed by atoms with Gasteiger partial charge in [0.2, 0.25) is 0 Å². The van der Waals surface area contributed by atoms with E-state index in [1.54, 1.807) is 23.9 Å². The van der Waals surface area contributed by atoms with Crippen molar-refractivity contribution in [1.82, 2.24) is 9.78 Å². The summed E-state index contributed by atoms with van der Waals surface area (Å²) in [5.74, 6) is 0. The molecule has 0 aliphatic carbocycles. The smallest absolute Gasteiger partial charge is 0.376 e. The van der Waals surface area contributed by atoms with E-state index in [9.17, 15) is 18.3 Å². The molecule has 0 amide bonds. The second kappa shape index (κ2) is 5.49. The Morgan fingerprint density at radius 3 is 2.65 bits per heavy atom. The Kier molecular flexibility index (Phi) is 3.88. The van der Waals surface area contributed by atoms with E-state index in [-0.39, 0.29) is 11.8 Å². The van der Waals surface area contributed by atoms with Crippen molar-refractivity contribution >= 4 is 10.9 Å². The van der Waals surface area contributed by atoms with Crippen LogP contribution in [0.4, 0.5) is 13.2 Å². The Morgan fingerprint density at radius 1 is 1.30 bits per heavy atom. The predicted molar refractivity (Wildman–Crippen MR) is 78.9 cm³/mol. The third-order valence-electron chi connectivity index (χ3n) is 4.40. The van der Waals surface area contributed by atoms with Crippen molar-refractivity contribution < 1.29 is 23.0 Å². The third kappa shape index (κ3) is 2.83. The molecule has 0 spiro atoms. The number of hydrogen-bond acceptors (Lipinski definition) is 3. The molecule has 0 bridgehead atoms. The van der Waals surface area contributed by atoms with E-state index in [0.717, 1.165) is 31.6 Å². The molecule has 0 saturated carbocycles. The molecule has 2 atom stereocenters. The molecule has 1 N–H and O–H groups in total. The standard InChI is InChI=1S/C16H19F3N2O2/c1-10-7-11-9-21(14-5-3-4-6-23-14)20-13(11)8-12(10)15(2,22)16(17,18)19/h7-9,14,22H,3-6H2,1-2H3. The maximum Gasteiger partial charge on any atom is 0.421 e. The Labute approximate surface area is 131 Å². The minimum absolute atomic E-state index is 0.174. The zero-order chi connectivity index (χ0) is 16.8. The van der Waals surface area contributed by atoms with Crippen molar-refractivity contribution in [3.63, 3.8) is 0 Å². The van der Waals surface area contributed by atoms with E-state index in [1.807, 2.05) is 0 Å². The van der Waals surface area contributed by atoms with Crippen molar-refractivity contribution in [3.8, 4) is 0 Å². The topological polar surface area (TPSA) is 47.3 Å². The van der Waals surface area contributed by atoms with E-state index in [2.05, 4.69) is 5.10 Å². The maximum atomic E-state index is 13.1. The summed E-state index contributed by atoms with van der Waals surface area (Å²) in [6, 6.07) is 2.94. The van der Waals surface area contributed by atoms with Gasteiger partial charge in [0.05, 0.1) is 5.52 Å². The van der Waals surface area contributed by atoms with Gasteiger partial charge in [0, 0.05) is 18.2 Å². The molecule has 2 unspecified atom stereocenters. The zero-order valence-corrected chi connectivity index (χ0v) is 13.0. The summed E-state index contributed by atoms with van der Waals surface area (Å²) in [5, 5.41) is 15.0. The number of nitrogens with zero attached hydrogens (tertiary/aromatic N) is 2. The number of aryl methyl sites for hydroxylation is 1. The SMILES string of the molecule is Cc1cc2cn(C3CCCCO3)nc2cc1C(C)(O)C(F)(F)F. The molecule has 1 fully saturated rings. The van der Waals surface area contributed by atoms with Crippen LogP contribution >= 0.6 is 0 Å². The Hall–Kier alpha value is -1.60. The van der Waals surface area contributed by atoms with E-state index in [4.69, 9.17) is 4.74 Å². The molecular formula is C16H19F3N2O2. The summed E-state index contributed by atoms with van der Waals surface area (Å²) in [7, 11) is 0. The van der Waals surface area contributed by atoms with Crippen LogP contribution in [0.2, 0.25) is 0 Å². The van der Waals surface area contributed by atoms with Gasteiger partial charge in [0.15, 0.2) is 5.60 Å². The first-order valence-electron chi connectivity index (χ1n) is 7.61. The van der Waals surface area contributed by atoms with Crippen molar-refractivity contribution in [2.24, 2.45) is 0 Å². The van der Waals surface area contributed by atoms with E-state index in [0.29, 0.717) is 17.7 Å². The second-order valence-corrected chi connectivity index (χ2v) is 6.23. The molecule has 0 radical (unpaired) electrons. The lowest BCUT2D eigenvalue weighted by molar-refractivity contribution is -0.259. The predicted octanol–water partition coefficient (Wildman–Crippen LogP) is 3.81. The zero-order valence-electron chi connectivity index (χ0n) is 13.0. The van der Waals surface area contributed by atoms with Gasteiger partial charge >= 0.3 is 6.18 Å². The minimum atomic E-state index is -4.75. The quantitative estimate of drug-likeness (QED) is 0.912. The molecule has 126 valence electrons. The summed E-state index contributed by atoms with van der Waals surface area (Å²) in [5.41, 5.74) is -2.28. The number of fused-ring (bicyclic) bond motifs is 1. The second-order valence-electron chi connectivity index (χ2n) is 6.23. The lowest BCUT2D eigenvalue weighted by Crippen LogP contribution is -2.39. The fraction of sp³-hybridized carbons (Fsp3) is 0.562. The van der Waals surface area contributed by atoms with Crippen molar-refractivity contribution in [2.75, 3.05) is 6.61 Å². The number of aromatic nitrogens is 2.